The van der Waals surface area contributed by atoms with Gasteiger partial charge in [0.25, 0.3) is 0 Å². The van der Waals surface area contributed by atoms with E-state index in [2.05, 4.69) is 6.92 Å². The van der Waals surface area contributed by atoms with Gasteiger partial charge in [0.1, 0.15) is 23.7 Å². The molecule has 1 spiro atoms. The number of hydrogen-bond acceptors (Lipinski definition) is 7. The zero-order valence-corrected chi connectivity index (χ0v) is 26.8. The maximum absolute atomic E-state index is 14.6. The van der Waals surface area contributed by atoms with Gasteiger partial charge in [0, 0.05) is 39.2 Å². The first-order valence-corrected chi connectivity index (χ1v) is 16.4. The SMILES string of the molecule is CCCC(C)N1C/C=C\CCC(=O)N(C)[C@H](C)[C@@H](c2ccccc2)OC(=O)[C@@H]2[C@@H]3C=C[C@]4(O3)[C@H](C1=O)N(CCCCO)C(=O)[C@@H]24. The van der Waals surface area contributed by atoms with Crippen LogP contribution in [0.5, 0.6) is 0 Å². The molecule has 1 aromatic carbocycles. The Kier molecular flexibility index (Phi) is 10.1. The van der Waals surface area contributed by atoms with Crippen LogP contribution in [0.2, 0.25) is 0 Å². The number of hydrogen-bond donors (Lipinski definition) is 1. The highest BCUT2D eigenvalue weighted by atomic mass is 16.6. The lowest BCUT2D eigenvalue weighted by Crippen LogP contribution is -2.57. The van der Waals surface area contributed by atoms with E-state index in [-0.39, 0.29) is 43.3 Å². The molecule has 10 nitrogen and oxygen atoms in total. The molecule has 8 atom stereocenters. The van der Waals surface area contributed by atoms with Crippen LogP contribution in [-0.2, 0) is 28.7 Å². The zero-order valence-electron chi connectivity index (χ0n) is 26.8. The summed E-state index contributed by atoms with van der Waals surface area (Å²) in [5.74, 6) is -3.08. The van der Waals surface area contributed by atoms with Crippen molar-refractivity contribution in [1.82, 2.24) is 14.7 Å². The molecule has 0 aliphatic carbocycles. The van der Waals surface area contributed by atoms with Crippen molar-refractivity contribution < 1.29 is 33.8 Å². The molecule has 4 aliphatic rings. The number of benzene rings is 1. The van der Waals surface area contributed by atoms with Crippen LogP contribution in [0.25, 0.3) is 0 Å². The first kappa shape index (κ1) is 32.9. The van der Waals surface area contributed by atoms with E-state index in [4.69, 9.17) is 9.47 Å². The maximum Gasteiger partial charge on any atom is 0.313 e. The van der Waals surface area contributed by atoms with Crippen molar-refractivity contribution in [3.05, 3.63) is 60.2 Å². The number of cyclic esters (lactones) is 1. The smallest absolute Gasteiger partial charge is 0.313 e. The number of ether oxygens (including phenoxy) is 2. The summed E-state index contributed by atoms with van der Waals surface area (Å²) in [4.78, 5) is 61.4. The first-order valence-electron chi connectivity index (χ1n) is 16.4. The summed E-state index contributed by atoms with van der Waals surface area (Å²) in [6.07, 6.45) is 9.36. The minimum Gasteiger partial charge on any atom is -0.455 e. The van der Waals surface area contributed by atoms with E-state index in [0.717, 1.165) is 18.4 Å². The Morgan fingerprint density at radius 3 is 2.53 bits per heavy atom. The van der Waals surface area contributed by atoms with Gasteiger partial charge >= 0.3 is 5.97 Å². The van der Waals surface area contributed by atoms with Gasteiger partial charge in [0.2, 0.25) is 17.7 Å². The standard InChI is InChI=1S/C35H47N3O7/c1-5-14-23(2)37-20-11-7-10-17-27(40)36(4)24(3)30(25-15-8-6-9-16-25)44-34(43)28-26-18-19-35(45-26)29(28)32(41)38(21-12-13-22-39)31(35)33(37)42/h6-9,11,15-16,18-19,23-24,26,28-31,39H,5,10,12-14,17,20-22H2,1-4H3/b11-7-/t23?,24-,26+,28-,29-,30+,31+,35-/m1/s1. The Bertz CT molecular complexity index is 1320. The number of likely N-dealkylation sites (N-methyl/N-ethyl adjacent to an activating group) is 1. The third-order valence-corrected chi connectivity index (χ3v) is 10.0. The van der Waals surface area contributed by atoms with Crippen LogP contribution in [-0.4, -0.2) is 100 Å². The molecule has 0 saturated carbocycles. The van der Waals surface area contributed by atoms with Gasteiger partial charge in [-0.25, -0.2) is 0 Å². The van der Waals surface area contributed by atoms with Crippen molar-refractivity contribution in [2.45, 2.75) is 95.2 Å². The minimum atomic E-state index is -1.30. The lowest BCUT2D eigenvalue weighted by atomic mass is 9.74. The van der Waals surface area contributed by atoms with Crippen LogP contribution < -0.4 is 0 Å². The lowest BCUT2D eigenvalue weighted by molar-refractivity contribution is -0.164. The summed E-state index contributed by atoms with van der Waals surface area (Å²) in [7, 11) is 1.72. The van der Waals surface area contributed by atoms with E-state index in [0.29, 0.717) is 25.8 Å². The predicted molar refractivity (Wildman–Crippen MR) is 168 cm³/mol. The monoisotopic (exact) mass is 621 g/mol. The van der Waals surface area contributed by atoms with Crippen LogP contribution in [0.4, 0.5) is 0 Å². The van der Waals surface area contributed by atoms with Crippen molar-refractivity contribution in [2.24, 2.45) is 11.8 Å². The number of likely N-dealkylation sites (tertiary alicyclic amines) is 1. The average Bonchev–Trinajstić information content (AvgIpc) is 3.68. The lowest BCUT2D eigenvalue weighted by Gasteiger charge is -2.38. The van der Waals surface area contributed by atoms with E-state index < -0.39 is 47.7 Å². The van der Waals surface area contributed by atoms with Gasteiger partial charge in [-0.3, -0.25) is 19.2 Å². The van der Waals surface area contributed by atoms with Crippen molar-refractivity contribution in [3.63, 3.8) is 0 Å². The number of aliphatic hydroxyl groups is 1. The maximum atomic E-state index is 14.6. The van der Waals surface area contributed by atoms with Crippen LogP contribution in [0, 0.1) is 11.8 Å². The second-order valence-electron chi connectivity index (χ2n) is 12.8. The molecule has 2 saturated heterocycles. The van der Waals surface area contributed by atoms with Gasteiger partial charge in [-0.2, -0.15) is 0 Å². The van der Waals surface area contributed by atoms with Gasteiger partial charge in [-0.05, 0) is 45.1 Å². The Labute approximate surface area is 266 Å². The molecule has 1 unspecified atom stereocenters. The molecule has 0 aromatic heterocycles. The zero-order chi connectivity index (χ0) is 32.3. The minimum absolute atomic E-state index is 0.0247. The summed E-state index contributed by atoms with van der Waals surface area (Å²) in [5.41, 5.74) is -0.563. The highest BCUT2D eigenvalue weighted by Crippen LogP contribution is 2.56. The van der Waals surface area contributed by atoms with Gasteiger partial charge in [-0.1, -0.05) is 68.0 Å². The molecule has 10 heteroatoms. The number of fused-ring (bicyclic) bond motifs is 2. The van der Waals surface area contributed by atoms with Gasteiger partial charge in [-0.15, -0.1) is 0 Å². The average molecular weight is 622 g/mol. The van der Waals surface area contributed by atoms with E-state index >= 15 is 0 Å². The number of carbonyl (C=O) groups excluding carboxylic acids is 4. The summed E-state index contributed by atoms with van der Waals surface area (Å²) < 4.78 is 12.8. The summed E-state index contributed by atoms with van der Waals surface area (Å²) in [6, 6.07) is 7.77. The predicted octanol–water partition coefficient (Wildman–Crippen LogP) is 3.41. The largest absolute Gasteiger partial charge is 0.455 e. The van der Waals surface area contributed by atoms with E-state index in [1.165, 1.54) is 0 Å². The fourth-order valence-electron chi connectivity index (χ4n) is 7.48. The molecule has 45 heavy (non-hydrogen) atoms. The third kappa shape index (κ3) is 6.06. The molecule has 3 amide bonds. The molecule has 5 rings (SSSR count). The van der Waals surface area contributed by atoms with Crippen molar-refractivity contribution in [2.75, 3.05) is 26.7 Å². The van der Waals surface area contributed by atoms with E-state index in [1.807, 2.05) is 62.4 Å². The Hall–Kier alpha value is -3.50. The van der Waals surface area contributed by atoms with Gasteiger partial charge < -0.3 is 29.3 Å². The van der Waals surface area contributed by atoms with Crippen LogP contribution in [0.3, 0.4) is 0 Å². The summed E-state index contributed by atoms with van der Waals surface area (Å²) in [6.45, 7) is 6.50. The molecule has 2 fully saturated rings. The van der Waals surface area contributed by atoms with Gasteiger partial charge in [0.05, 0.1) is 18.1 Å². The van der Waals surface area contributed by atoms with E-state index in [9.17, 15) is 24.3 Å². The molecule has 1 N–H and O–H groups in total. The fraction of sp³-hybridized carbons (Fsp3) is 0.600. The molecule has 0 radical (unpaired) electrons. The number of nitrogens with zero attached hydrogens (tertiary/aromatic N) is 3. The Morgan fingerprint density at radius 2 is 1.82 bits per heavy atom. The number of esters is 1. The quantitative estimate of drug-likeness (QED) is 0.269. The van der Waals surface area contributed by atoms with E-state index in [1.54, 1.807) is 27.8 Å². The van der Waals surface area contributed by atoms with Gasteiger partial charge in [0.15, 0.2) is 0 Å². The summed E-state index contributed by atoms with van der Waals surface area (Å²) >= 11 is 0. The van der Waals surface area contributed by atoms with Crippen molar-refractivity contribution >= 4 is 23.7 Å². The van der Waals surface area contributed by atoms with Crippen LogP contribution >= 0.6 is 0 Å². The molecule has 5 bridgehead atoms. The third-order valence-electron chi connectivity index (χ3n) is 10.0. The molecule has 4 aliphatic heterocycles. The number of rotatable bonds is 8. The summed E-state index contributed by atoms with van der Waals surface area (Å²) in [5, 5.41) is 9.48. The molecule has 1 aromatic rings. The number of amides is 3. The number of aliphatic hydroxyl groups excluding tert-OH is 1. The van der Waals surface area contributed by atoms with Crippen LogP contribution in [0.1, 0.15) is 71.0 Å². The fourth-order valence-corrected chi connectivity index (χ4v) is 7.48. The van der Waals surface area contributed by atoms with Crippen molar-refractivity contribution in [3.8, 4) is 0 Å². The Morgan fingerprint density at radius 1 is 1.07 bits per heavy atom. The molecular formula is C35H47N3O7. The highest BCUT2D eigenvalue weighted by Gasteiger charge is 2.73. The van der Waals surface area contributed by atoms with Crippen LogP contribution in [0.15, 0.2) is 54.6 Å². The second kappa shape index (κ2) is 13.9. The number of carbonyl (C=O) groups is 4. The molecular weight excluding hydrogens is 574 g/mol. The number of unbranched alkanes of at least 4 members (excludes halogenated alkanes) is 1. The second-order valence-corrected chi connectivity index (χ2v) is 12.8. The Balaban J connectivity index is 1.59. The topological polar surface area (TPSA) is 117 Å². The highest BCUT2D eigenvalue weighted by molar-refractivity contribution is 5.99. The normalized spacial score (nSPS) is 33.5. The molecule has 244 valence electrons. The first-order chi connectivity index (χ1) is 21.7. The number of allylic oxidation sites excluding steroid dienone is 1. The molecule has 4 heterocycles. The van der Waals surface area contributed by atoms with Crippen molar-refractivity contribution in [1.29, 1.82) is 0 Å².